The molecule has 1 heterocycles. The number of aryl methyl sites for hydroxylation is 1. The highest BCUT2D eigenvalue weighted by molar-refractivity contribution is 5.76. The van der Waals surface area contributed by atoms with Crippen LogP contribution in [-0.4, -0.2) is 52.9 Å². The Morgan fingerprint density at radius 3 is 2.44 bits per heavy atom. The number of nitrogens with one attached hydrogen (secondary N) is 2. The van der Waals surface area contributed by atoms with E-state index in [0.717, 1.165) is 18.7 Å². The monoisotopic (exact) mass is 351 g/mol. The third-order valence-electron chi connectivity index (χ3n) is 4.99. The number of hydrogen-bond donors (Lipinski definition) is 2. The molecule has 1 amide bonds. The van der Waals surface area contributed by atoms with Crippen molar-refractivity contribution in [3.63, 3.8) is 0 Å². The molecule has 140 valence electrons. The van der Waals surface area contributed by atoms with Crippen LogP contribution < -0.4 is 24.4 Å². The number of quaternary nitrogens is 1. The molecule has 0 radical (unpaired) electrons. The molecular formula is C19H31N2O4+. The normalized spacial score (nSPS) is 19.5. The maximum Gasteiger partial charge on any atom is 0.220 e. The van der Waals surface area contributed by atoms with E-state index in [1.807, 2.05) is 12.1 Å². The second-order valence-corrected chi connectivity index (χ2v) is 6.44. The Labute approximate surface area is 150 Å². The fourth-order valence-corrected chi connectivity index (χ4v) is 3.56. The molecule has 0 aliphatic carbocycles. The minimum atomic E-state index is 0.0936. The number of ether oxygens (including phenoxy) is 3. The van der Waals surface area contributed by atoms with Gasteiger partial charge in [-0.3, -0.25) is 4.79 Å². The minimum Gasteiger partial charge on any atom is -0.493 e. The fraction of sp³-hybridized carbons (Fsp3) is 0.632. The van der Waals surface area contributed by atoms with Crippen molar-refractivity contribution in [2.24, 2.45) is 0 Å². The number of likely N-dealkylation sites (tertiary alicyclic amines) is 1. The summed E-state index contributed by atoms with van der Waals surface area (Å²) in [4.78, 5) is 13.8. The Balaban J connectivity index is 1.88. The van der Waals surface area contributed by atoms with Crippen molar-refractivity contribution in [2.45, 2.75) is 38.6 Å². The van der Waals surface area contributed by atoms with Crippen LogP contribution in [0.25, 0.3) is 0 Å². The number of hydrogen-bond acceptors (Lipinski definition) is 4. The molecule has 25 heavy (non-hydrogen) atoms. The summed E-state index contributed by atoms with van der Waals surface area (Å²) in [6, 6.07) is 4.36. The molecule has 2 N–H and O–H groups in total. The first-order chi connectivity index (χ1) is 12.1. The molecule has 6 nitrogen and oxygen atoms in total. The quantitative estimate of drug-likeness (QED) is 0.692. The van der Waals surface area contributed by atoms with Crippen molar-refractivity contribution >= 4 is 5.91 Å². The van der Waals surface area contributed by atoms with E-state index in [2.05, 4.69) is 12.2 Å². The van der Waals surface area contributed by atoms with Gasteiger partial charge in [-0.1, -0.05) is 0 Å². The summed E-state index contributed by atoms with van der Waals surface area (Å²) in [6.07, 6.45) is 3.55. The second kappa shape index (κ2) is 9.51. The van der Waals surface area contributed by atoms with Gasteiger partial charge in [0.25, 0.3) is 0 Å². The molecule has 0 spiro atoms. The van der Waals surface area contributed by atoms with E-state index in [4.69, 9.17) is 14.2 Å². The SMILES string of the molecule is CC[NH+]1CCC[C@H]1CNC(=O)CCc1cc(OC)c(OC)c(OC)c1. The molecule has 1 aliphatic rings. The van der Waals surface area contributed by atoms with Gasteiger partial charge in [-0.25, -0.2) is 0 Å². The standard InChI is InChI=1S/C19H30N2O4/c1-5-21-10-6-7-15(21)13-20-18(22)9-8-14-11-16(23-2)19(25-4)17(12-14)24-3/h11-12,15H,5-10,13H2,1-4H3,(H,20,22)/p+1/t15-/m0/s1. The molecule has 1 fully saturated rings. The molecule has 0 bridgehead atoms. The van der Waals surface area contributed by atoms with Crippen molar-refractivity contribution in [1.29, 1.82) is 0 Å². The average molecular weight is 351 g/mol. The average Bonchev–Trinajstić information content (AvgIpc) is 3.11. The van der Waals surface area contributed by atoms with Crippen molar-refractivity contribution in [3.8, 4) is 17.2 Å². The van der Waals surface area contributed by atoms with Gasteiger partial charge in [0.05, 0.1) is 41.0 Å². The van der Waals surface area contributed by atoms with E-state index in [9.17, 15) is 4.79 Å². The van der Waals surface area contributed by atoms with E-state index in [1.54, 1.807) is 26.2 Å². The number of carbonyl (C=O) groups excluding carboxylic acids is 1. The molecule has 0 aromatic heterocycles. The largest absolute Gasteiger partial charge is 0.493 e. The maximum atomic E-state index is 12.2. The van der Waals surface area contributed by atoms with Gasteiger partial charge >= 0.3 is 0 Å². The molecule has 1 unspecified atom stereocenters. The summed E-state index contributed by atoms with van der Waals surface area (Å²) in [5.74, 6) is 1.90. The molecule has 1 aliphatic heterocycles. The van der Waals surface area contributed by atoms with Gasteiger partial charge < -0.3 is 24.4 Å². The lowest BCUT2D eigenvalue weighted by molar-refractivity contribution is -0.909. The number of amides is 1. The van der Waals surface area contributed by atoms with E-state index < -0.39 is 0 Å². The summed E-state index contributed by atoms with van der Waals surface area (Å²) in [7, 11) is 4.77. The van der Waals surface area contributed by atoms with Crippen LogP contribution in [0.2, 0.25) is 0 Å². The first-order valence-corrected chi connectivity index (χ1v) is 9.03. The number of methoxy groups -OCH3 is 3. The van der Waals surface area contributed by atoms with Crippen LogP contribution in [0, 0.1) is 0 Å². The maximum absolute atomic E-state index is 12.2. The highest BCUT2D eigenvalue weighted by Crippen LogP contribution is 2.38. The molecule has 6 heteroatoms. The Bertz CT molecular complexity index is 552. The summed E-state index contributed by atoms with van der Waals surface area (Å²) >= 11 is 0. The Hall–Kier alpha value is -1.95. The predicted molar refractivity (Wildman–Crippen MR) is 96.8 cm³/mol. The molecule has 2 rings (SSSR count). The second-order valence-electron chi connectivity index (χ2n) is 6.44. The zero-order valence-corrected chi connectivity index (χ0v) is 15.8. The first-order valence-electron chi connectivity index (χ1n) is 9.03. The zero-order chi connectivity index (χ0) is 18.2. The van der Waals surface area contributed by atoms with Crippen molar-refractivity contribution in [1.82, 2.24) is 5.32 Å². The topological polar surface area (TPSA) is 61.2 Å². The van der Waals surface area contributed by atoms with Gasteiger partial charge in [0, 0.05) is 19.3 Å². The number of likely N-dealkylation sites (N-methyl/N-ethyl adjacent to an activating group) is 1. The third-order valence-corrected chi connectivity index (χ3v) is 4.99. The Morgan fingerprint density at radius 2 is 1.88 bits per heavy atom. The lowest BCUT2D eigenvalue weighted by atomic mass is 10.1. The highest BCUT2D eigenvalue weighted by atomic mass is 16.5. The van der Waals surface area contributed by atoms with Gasteiger partial charge in [-0.05, 0) is 31.0 Å². The minimum absolute atomic E-state index is 0.0936. The molecule has 0 saturated carbocycles. The van der Waals surface area contributed by atoms with E-state index >= 15 is 0 Å². The third kappa shape index (κ3) is 5.01. The molecule has 1 aromatic rings. The van der Waals surface area contributed by atoms with Crippen LogP contribution in [0.5, 0.6) is 17.2 Å². The Morgan fingerprint density at radius 1 is 1.20 bits per heavy atom. The smallest absolute Gasteiger partial charge is 0.220 e. The van der Waals surface area contributed by atoms with Crippen molar-refractivity contribution < 1.29 is 23.9 Å². The molecule has 1 aromatic carbocycles. The first kappa shape index (κ1) is 19.4. The molecule has 2 atom stereocenters. The van der Waals surface area contributed by atoms with Crippen LogP contribution in [0.1, 0.15) is 31.7 Å². The lowest BCUT2D eigenvalue weighted by Gasteiger charge is -2.20. The van der Waals surface area contributed by atoms with Gasteiger partial charge in [0.2, 0.25) is 11.7 Å². The van der Waals surface area contributed by atoms with Crippen LogP contribution in [-0.2, 0) is 11.2 Å². The van der Waals surface area contributed by atoms with E-state index in [0.29, 0.717) is 36.1 Å². The van der Waals surface area contributed by atoms with Crippen molar-refractivity contribution in [3.05, 3.63) is 17.7 Å². The fourth-order valence-electron chi connectivity index (χ4n) is 3.56. The van der Waals surface area contributed by atoms with Crippen LogP contribution >= 0.6 is 0 Å². The van der Waals surface area contributed by atoms with Gasteiger partial charge in [0.1, 0.15) is 6.04 Å². The van der Waals surface area contributed by atoms with Gasteiger partial charge in [0.15, 0.2) is 11.5 Å². The Kier molecular flexibility index (Phi) is 7.37. The number of rotatable bonds is 9. The van der Waals surface area contributed by atoms with Gasteiger partial charge in [-0.15, -0.1) is 0 Å². The summed E-state index contributed by atoms with van der Waals surface area (Å²) in [6.45, 7) is 5.34. The van der Waals surface area contributed by atoms with E-state index in [-0.39, 0.29) is 5.91 Å². The molecule has 1 saturated heterocycles. The van der Waals surface area contributed by atoms with Crippen LogP contribution in [0.3, 0.4) is 0 Å². The summed E-state index contributed by atoms with van der Waals surface area (Å²) in [5.41, 5.74) is 0.992. The number of carbonyl (C=O) groups is 1. The van der Waals surface area contributed by atoms with Crippen LogP contribution in [0.15, 0.2) is 12.1 Å². The summed E-state index contributed by atoms with van der Waals surface area (Å²) in [5, 5.41) is 3.09. The van der Waals surface area contributed by atoms with Crippen LogP contribution in [0.4, 0.5) is 0 Å². The highest BCUT2D eigenvalue weighted by Gasteiger charge is 2.27. The molecular weight excluding hydrogens is 320 g/mol. The number of benzene rings is 1. The van der Waals surface area contributed by atoms with Gasteiger partial charge in [-0.2, -0.15) is 0 Å². The van der Waals surface area contributed by atoms with E-state index in [1.165, 1.54) is 19.4 Å². The lowest BCUT2D eigenvalue weighted by Crippen LogP contribution is -3.14. The predicted octanol–water partition coefficient (Wildman–Crippen LogP) is 0.828. The summed E-state index contributed by atoms with van der Waals surface area (Å²) < 4.78 is 16.0. The van der Waals surface area contributed by atoms with Crippen molar-refractivity contribution in [2.75, 3.05) is 41.0 Å². The zero-order valence-electron chi connectivity index (χ0n) is 15.8.